The number of amides is 1. The molecule has 0 aliphatic rings. The average molecular weight is 190 g/mol. The zero-order chi connectivity index (χ0) is 10.4. The molecule has 1 atom stereocenters. The standard InChI is InChI=1S/C7H14N2O4/c1-5(11)8-9(2)6(3-4-10)7(12)13/h6,10H,3-4H2,1-2H3,(H,8,11)(H,12,13). The number of aliphatic hydroxyl groups is 1. The predicted molar refractivity (Wildman–Crippen MR) is 44.7 cm³/mol. The summed E-state index contributed by atoms with van der Waals surface area (Å²) < 4.78 is 0. The van der Waals surface area contributed by atoms with Crippen molar-refractivity contribution in [1.82, 2.24) is 10.4 Å². The molecule has 0 aromatic rings. The first-order valence-corrected chi connectivity index (χ1v) is 3.82. The van der Waals surface area contributed by atoms with Gasteiger partial charge in [0.25, 0.3) is 0 Å². The van der Waals surface area contributed by atoms with Crippen LogP contribution in [0.5, 0.6) is 0 Å². The van der Waals surface area contributed by atoms with Crippen molar-refractivity contribution < 1.29 is 19.8 Å². The van der Waals surface area contributed by atoms with Gasteiger partial charge in [0.15, 0.2) is 0 Å². The molecule has 0 aromatic heterocycles. The van der Waals surface area contributed by atoms with Crippen LogP contribution in [0.4, 0.5) is 0 Å². The summed E-state index contributed by atoms with van der Waals surface area (Å²) in [7, 11) is 1.44. The van der Waals surface area contributed by atoms with E-state index in [0.717, 1.165) is 0 Å². The summed E-state index contributed by atoms with van der Waals surface area (Å²) in [6, 6.07) is -0.895. The Kier molecular flexibility index (Phi) is 5.01. The van der Waals surface area contributed by atoms with Crippen LogP contribution in [0.15, 0.2) is 0 Å². The Morgan fingerprint density at radius 2 is 2.08 bits per heavy atom. The fourth-order valence-corrected chi connectivity index (χ4v) is 0.931. The van der Waals surface area contributed by atoms with Gasteiger partial charge in [-0.15, -0.1) is 0 Å². The van der Waals surface area contributed by atoms with E-state index in [9.17, 15) is 9.59 Å². The molecular formula is C7H14N2O4. The molecule has 0 heterocycles. The van der Waals surface area contributed by atoms with Crippen molar-refractivity contribution in [3.8, 4) is 0 Å². The SMILES string of the molecule is CC(=O)NN(C)C(CCO)C(=O)O. The molecule has 0 radical (unpaired) electrons. The highest BCUT2D eigenvalue weighted by molar-refractivity contribution is 5.75. The third kappa shape index (κ3) is 4.44. The number of hydrogen-bond donors (Lipinski definition) is 3. The van der Waals surface area contributed by atoms with E-state index in [1.54, 1.807) is 0 Å². The molecule has 0 aliphatic heterocycles. The maximum Gasteiger partial charge on any atom is 0.322 e. The van der Waals surface area contributed by atoms with Crippen molar-refractivity contribution in [2.75, 3.05) is 13.7 Å². The zero-order valence-electron chi connectivity index (χ0n) is 7.65. The molecule has 0 spiro atoms. The highest BCUT2D eigenvalue weighted by atomic mass is 16.4. The number of nitrogens with zero attached hydrogens (tertiary/aromatic N) is 1. The summed E-state index contributed by atoms with van der Waals surface area (Å²) in [5, 5.41) is 18.4. The molecule has 0 saturated carbocycles. The maximum absolute atomic E-state index is 10.6. The summed E-state index contributed by atoms with van der Waals surface area (Å²) >= 11 is 0. The van der Waals surface area contributed by atoms with Gasteiger partial charge >= 0.3 is 5.97 Å². The van der Waals surface area contributed by atoms with Gasteiger partial charge in [0.05, 0.1) is 0 Å². The molecular weight excluding hydrogens is 176 g/mol. The highest BCUT2D eigenvalue weighted by Gasteiger charge is 2.22. The van der Waals surface area contributed by atoms with Crippen LogP contribution in [0.25, 0.3) is 0 Å². The van der Waals surface area contributed by atoms with Gasteiger partial charge in [-0.3, -0.25) is 15.0 Å². The van der Waals surface area contributed by atoms with Crippen molar-refractivity contribution in [3.63, 3.8) is 0 Å². The molecule has 1 unspecified atom stereocenters. The van der Waals surface area contributed by atoms with Gasteiger partial charge in [-0.2, -0.15) is 0 Å². The van der Waals surface area contributed by atoms with Crippen LogP contribution < -0.4 is 5.43 Å². The van der Waals surface area contributed by atoms with Crippen molar-refractivity contribution in [2.45, 2.75) is 19.4 Å². The Morgan fingerprint density at radius 1 is 1.54 bits per heavy atom. The summed E-state index contributed by atoms with van der Waals surface area (Å²) in [6.07, 6.45) is 0.0755. The largest absolute Gasteiger partial charge is 0.480 e. The second-order valence-electron chi connectivity index (χ2n) is 2.65. The van der Waals surface area contributed by atoms with E-state index in [2.05, 4.69) is 5.43 Å². The zero-order valence-corrected chi connectivity index (χ0v) is 7.65. The highest BCUT2D eigenvalue weighted by Crippen LogP contribution is 1.98. The second-order valence-corrected chi connectivity index (χ2v) is 2.65. The molecule has 1 amide bonds. The molecule has 76 valence electrons. The molecule has 0 aliphatic carbocycles. The lowest BCUT2D eigenvalue weighted by atomic mass is 10.2. The monoisotopic (exact) mass is 190 g/mol. The number of likely N-dealkylation sites (N-methyl/N-ethyl adjacent to an activating group) is 1. The minimum absolute atomic E-state index is 0.0755. The number of carbonyl (C=O) groups excluding carboxylic acids is 1. The lowest BCUT2D eigenvalue weighted by Crippen LogP contribution is -2.49. The van der Waals surface area contributed by atoms with Gasteiger partial charge in [-0.05, 0) is 6.42 Å². The minimum atomic E-state index is -1.08. The molecule has 6 heteroatoms. The molecule has 0 bridgehead atoms. The lowest BCUT2D eigenvalue weighted by molar-refractivity contribution is -0.145. The van der Waals surface area contributed by atoms with E-state index in [1.807, 2.05) is 0 Å². The van der Waals surface area contributed by atoms with E-state index in [-0.39, 0.29) is 18.9 Å². The number of hydrazine groups is 1. The first-order valence-electron chi connectivity index (χ1n) is 3.82. The maximum atomic E-state index is 10.6. The molecule has 0 rings (SSSR count). The molecule has 0 fully saturated rings. The molecule has 0 saturated heterocycles. The average Bonchev–Trinajstić information content (AvgIpc) is 1.97. The molecule has 3 N–H and O–H groups in total. The summed E-state index contributed by atoms with van der Waals surface area (Å²) in [6.45, 7) is 1.05. The second kappa shape index (κ2) is 5.50. The molecule has 6 nitrogen and oxygen atoms in total. The number of carbonyl (C=O) groups is 2. The Labute approximate surface area is 76.1 Å². The Balaban J connectivity index is 4.18. The van der Waals surface area contributed by atoms with Gasteiger partial charge in [-0.1, -0.05) is 0 Å². The number of hydrogen-bond acceptors (Lipinski definition) is 4. The van der Waals surface area contributed by atoms with Crippen molar-refractivity contribution in [2.24, 2.45) is 0 Å². The molecule has 13 heavy (non-hydrogen) atoms. The van der Waals surface area contributed by atoms with E-state index < -0.39 is 12.0 Å². The van der Waals surface area contributed by atoms with E-state index in [0.29, 0.717) is 0 Å². The number of nitrogens with one attached hydrogen (secondary N) is 1. The molecule has 0 aromatic carbocycles. The van der Waals surface area contributed by atoms with Crippen LogP contribution >= 0.6 is 0 Å². The van der Waals surface area contributed by atoms with Crippen LogP contribution in [0, 0.1) is 0 Å². The first-order chi connectivity index (χ1) is 5.99. The number of carboxylic acids is 1. The van der Waals surface area contributed by atoms with E-state index in [4.69, 9.17) is 10.2 Å². The lowest BCUT2D eigenvalue weighted by Gasteiger charge is -2.23. The van der Waals surface area contributed by atoms with Crippen LogP contribution in [-0.2, 0) is 9.59 Å². The number of carboxylic acid groups (broad SMARTS) is 1. The smallest absolute Gasteiger partial charge is 0.322 e. The fraction of sp³-hybridized carbons (Fsp3) is 0.714. The van der Waals surface area contributed by atoms with E-state index >= 15 is 0 Å². The summed E-state index contributed by atoms with van der Waals surface area (Å²) in [4.78, 5) is 21.2. The van der Waals surface area contributed by atoms with Crippen LogP contribution in [0.1, 0.15) is 13.3 Å². The normalized spacial score (nSPS) is 12.6. The number of aliphatic hydroxyl groups excluding tert-OH is 1. The van der Waals surface area contributed by atoms with Crippen molar-refractivity contribution >= 4 is 11.9 Å². The van der Waals surface area contributed by atoms with Crippen LogP contribution in [0.3, 0.4) is 0 Å². The summed E-state index contributed by atoms with van der Waals surface area (Å²) in [5.41, 5.74) is 2.31. The topological polar surface area (TPSA) is 89.9 Å². The third-order valence-electron chi connectivity index (χ3n) is 1.49. The third-order valence-corrected chi connectivity index (χ3v) is 1.49. The van der Waals surface area contributed by atoms with Gasteiger partial charge in [0, 0.05) is 20.6 Å². The quantitative estimate of drug-likeness (QED) is 0.474. The number of rotatable bonds is 5. The number of aliphatic carboxylic acids is 1. The van der Waals surface area contributed by atoms with Crippen molar-refractivity contribution in [1.29, 1.82) is 0 Å². The van der Waals surface area contributed by atoms with Gasteiger partial charge in [-0.25, -0.2) is 5.01 Å². The Bertz CT molecular complexity index is 195. The fourth-order valence-electron chi connectivity index (χ4n) is 0.931. The Morgan fingerprint density at radius 3 is 2.38 bits per heavy atom. The minimum Gasteiger partial charge on any atom is -0.480 e. The van der Waals surface area contributed by atoms with Crippen LogP contribution in [-0.4, -0.2) is 46.8 Å². The predicted octanol–water partition coefficient (Wildman–Crippen LogP) is -1.20. The summed E-state index contributed by atoms with van der Waals surface area (Å²) in [5.74, 6) is -1.42. The van der Waals surface area contributed by atoms with Crippen LogP contribution in [0.2, 0.25) is 0 Å². The van der Waals surface area contributed by atoms with E-state index in [1.165, 1.54) is 19.0 Å². The first kappa shape index (κ1) is 11.9. The van der Waals surface area contributed by atoms with Gasteiger partial charge in [0.2, 0.25) is 5.91 Å². The van der Waals surface area contributed by atoms with Crippen molar-refractivity contribution in [3.05, 3.63) is 0 Å². The van der Waals surface area contributed by atoms with Gasteiger partial charge < -0.3 is 10.2 Å². The Hall–Kier alpha value is -1.14. The van der Waals surface area contributed by atoms with Gasteiger partial charge in [0.1, 0.15) is 6.04 Å².